The Bertz CT molecular complexity index is 712. The van der Waals surface area contributed by atoms with E-state index in [1.54, 1.807) is 30.3 Å². The standard InChI is InChI=1S/C15H12BrClN4O/c16-11-2-3-13(17)12(7-11)15(22)20-6-5-19-14-4-1-10(8-18)9-21-14/h1-4,7,9H,5-6H2,(H,19,21)(H,20,22). The maximum Gasteiger partial charge on any atom is 0.252 e. The Hall–Kier alpha value is -2.10. The smallest absolute Gasteiger partial charge is 0.252 e. The summed E-state index contributed by atoms with van der Waals surface area (Å²) in [6.45, 7) is 0.930. The number of benzene rings is 1. The van der Waals surface area contributed by atoms with Crippen LogP contribution in [0.1, 0.15) is 15.9 Å². The summed E-state index contributed by atoms with van der Waals surface area (Å²) in [5.74, 6) is 0.412. The van der Waals surface area contributed by atoms with Crippen molar-refractivity contribution in [2.24, 2.45) is 0 Å². The first-order valence-corrected chi connectivity index (χ1v) is 7.60. The summed E-state index contributed by atoms with van der Waals surface area (Å²) in [4.78, 5) is 16.1. The molecule has 0 radical (unpaired) electrons. The summed E-state index contributed by atoms with van der Waals surface area (Å²) in [5.41, 5.74) is 0.927. The van der Waals surface area contributed by atoms with Gasteiger partial charge in [0.25, 0.3) is 5.91 Å². The van der Waals surface area contributed by atoms with E-state index in [2.05, 4.69) is 31.5 Å². The van der Waals surface area contributed by atoms with Gasteiger partial charge in [0, 0.05) is 23.8 Å². The Balaban J connectivity index is 1.82. The van der Waals surface area contributed by atoms with Crippen LogP contribution in [0.15, 0.2) is 41.0 Å². The quantitative estimate of drug-likeness (QED) is 0.782. The summed E-state index contributed by atoms with van der Waals surface area (Å²) in [5, 5.41) is 14.9. The molecular weight excluding hydrogens is 368 g/mol. The third-order valence-corrected chi connectivity index (χ3v) is 3.61. The first-order chi connectivity index (χ1) is 10.6. The largest absolute Gasteiger partial charge is 0.368 e. The van der Waals surface area contributed by atoms with Crippen molar-refractivity contribution in [3.05, 3.63) is 57.2 Å². The molecule has 1 aromatic carbocycles. The molecule has 2 rings (SSSR count). The van der Waals surface area contributed by atoms with Crippen molar-refractivity contribution in [3.8, 4) is 6.07 Å². The maximum absolute atomic E-state index is 12.0. The number of aromatic nitrogens is 1. The van der Waals surface area contributed by atoms with E-state index in [0.717, 1.165) is 4.47 Å². The molecule has 0 saturated carbocycles. The Morgan fingerprint density at radius 3 is 2.82 bits per heavy atom. The molecule has 2 N–H and O–H groups in total. The zero-order valence-corrected chi connectivity index (χ0v) is 13.8. The van der Waals surface area contributed by atoms with Crippen LogP contribution in [0.3, 0.4) is 0 Å². The maximum atomic E-state index is 12.0. The van der Waals surface area contributed by atoms with Gasteiger partial charge < -0.3 is 10.6 Å². The molecule has 0 fully saturated rings. The lowest BCUT2D eigenvalue weighted by Crippen LogP contribution is -2.29. The molecule has 2 aromatic rings. The van der Waals surface area contributed by atoms with Gasteiger partial charge in [0.05, 0.1) is 16.1 Å². The minimum absolute atomic E-state index is 0.235. The number of amides is 1. The van der Waals surface area contributed by atoms with Crippen LogP contribution in [0.2, 0.25) is 5.02 Å². The fourth-order valence-corrected chi connectivity index (χ4v) is 2.26. The molecule has 0 saturated heterocycles. The van der Waals surface area contributed by atoms with E-state index >= 15 is 0 Å². The zero-order valence-electron chi connectivity index (χ0n) is 11.4. The van der Waals surface area contributed by atoms with Gasteiger partial charge in [-0.2, -0.15) is 5.26 Å². The van der Waals surface area contributed by atoms with Crippen LogP contribution < -0.4 is 10.6 Å². The first-order valence-electron chi connectivity index (χ1n) is 6.43. The van der Waals surface area contributed by atoms with Crippen LogP contribution in [0.25, 0.3) is 0 Å². The second kappa shape index (κ2) is 7.78. The summed E-state index contributed by atoms with van der Waals surface area (Å²) in [6, 6.07) is 10.5. The number of carbonyl (C=O) groups excluding carboxylic acids is 1. The number of halogens is 2. The second-order valence-corrected chi connectivity index (χ2v) is 5.67. The van der Waals surface area contributed by atoms with E-state index < -0.39 is 0 Å². The van der Waals surface area contributed by atoms with E-state index in [0.29, 0.717) is 35.1 Å². The van der Waals surface area contributed by atoms with Gasteiger partial charge in [-0.05, 0) is 30.3 Å². The highest BCUT2D eigenvalue weighted by Gasteiger charge is 2.10. The Morgan fingerprint density at radius 1 is 1.32 bits per heavy atom. The summed E-state index contributed by atoms with van der Waals surface area (Å²) in [7, 11) is 0. The lowest BCUT2D eigenvalue weighted by Gasteiger charge is -2.08. The lowest BCUT2D eigenvalue weighted by molar-refractivity contribution is 0.0955. The lowest BCUT2D eigenvalue weighted by atomic mass is 10.2. The molecule has 5 nitrogen and oxygen atoms in total. The van der Waals surface area contributed by atoms with Gasteiger partial charge in [-0.3, -0.25) is 4.79 Å². The number of nitrogens with one attached hydrogen (secondary N) is 2. The highest BCUT2D eigenvalue weighted by atomic mass is 79.9. The molecule has 0 spiro atoms. The molecule has 22 heavy (non-hydrogen) atoms. The van der Waals surface area contributed by atoms with E-state index in [1.165, 1.54) is 6.20 Å². The molecule has 7 heteroatoms. The van der Waals surface area contributed by atoms with Crippen molar-refractivity contribution in [3.63, 3.8) is 0 Å². The summed E-state index contributed by atoms with van der Waals surface area (Å²) >= 11 is 9.30. The molecule has 1 aromatic heterocycles. The number of hydrogen-bond acceptors (Lipinski definition) is 4. The van der Waals surface area contributed by atoms with Gasteiger partial charge in [-0.15, -0.1) is 0 Å². The molecule has 112 valence electrons. The number of nitriles is 1. The topological polar surface area (TPSA) is 77.8 Å². The SMILES string of the molecule is N#Cc1ccc(NCCNC(=O)c2cc(Br)ccc2Cl)nc1. The highest BCUT2D eigenvalue weighted by Crippen LogP contribution is 2.20. The highest BCUT2D eigenvalue weighted by molar-refractivity contribution is 9.10. The molecule has 0 aliphatic rings. The third kappa shape index (κ3) is 4.45. The first kappa shape index (κ1) is 16.3. The van der Waals surface area contributed by atoms with Gasteiger partial charge in [-0.1, -0.05) is 27.5 Å². The van der Waals surface area contributed by atoms with Crippen LogP contribution in [-0.2, 0) is 0 Å². The van der Waals surface area contributed by atoms with E-state index in [9.17, 15) is 4.79 Å². The predicted molar refractivity (Wildman–Crippen MR) is 88.9 cm³/mol. The Morgan fingerprint density at radius 2 is 2.14 bits per heavy atom. The second-order valence-electron chi connectivity index (χ2n) is 4.35. The molecule has 1 heterocycles. The molecule has 1 amide bonds. The van der Waals surface area contributed by atoms with Crippen LogP contribution >= 0.6 is 27.5 Å². The average molecular weight is 380 g/mol. The molecule has 0 unspecified atom stereocenters. The van der Waals surface area contributed by atoms with Crippen molar-refractivity contribution < 1.29 is 4.79 Å². The van der Waals surface area contributed by atoms with E-state index in [1.807, 2.05) is 6.07 Å². The number of anilines is 1. The van der Waals surface area contributed by atoms with Crippen molar-refractivity contribution in [2.75, 3.05) is 18.4 Å². The Labute approximate surface area is 141 Å². The zero-order chi connectivity index (χ0) is 15.9. The van der Waals surface area contributed by atoms with Crippen LogP contribution in [0.4, 0.5) is 5.82 Å². The van der Waals surface area contributed by atoms with Crippen LogP contribution in [0.5, 0.6) is 0 Å². The number of nitrogens with zero attached hydrogens (tertiary/aromatic N) is 2. The molecule has 0 aliphatic carbocycles. The van der Waals surface area contributed by atoms with Crippen molar-refractivity contribution in [1.82, 2.24) is 10.3 Å². The Kier molecular flexibility index (Phi) is 5.75. The predicted octanol–water partition coefficient (Wildman–Crippen LogP) is 3.21. The van der Waals surface area contributed by atoms with Crippen LogP contribution in [-0.4, -0.2) is 24.0 Å². The summed E-state index contributed by atoms with van der Waals surface area (Å²) in [6.07, 6.45) is 1.49. The third-order valence-electron chi connectivity index (χ3n) is 2.78. The molecule has 0 atom stereocenters. The molecular formula is C15H12BrClN4O. The number of rotatable bonds is 5. The summed E-state index contributed by atoms with van der Waals surface area (Å²) < 4.78 is 0.793. The van der Waals surface area contributed by atoms with Crippen molar-refractivity contribution in [1.29, 1.82) is 5.26 Å². The molecule has 0 aliphatic heterocycles. The van der Waals surface area contributed by atoms with Gasteiger partial charge in [0.15, 0.2) is 0 Å². The van der Waals surface area contributed by atoms with E-state index in [4.69, 9.17) is 16.9 Å². The van der Waals surface area contributed by atoms with E-state index in [-0.39, 0.29) is 5.91 Å². The van der Waals surface area contributed by atoms with Gasteiger partial charge in [0.2, 0.25) is 0 Å². The minimum atomic E-state index is -0.235. The monoisotopic (exact) mass is 378 g/mol. The van der Waals surface area contributed by atoms with Gasteiger partial charge in [-0.25, -0.2) is 4.98 Å². The number of hydrogen-bond donors (Lipinski definition) is 2. The fraction of sp³-hybridized carbons (Fsp3) is 0.133. The van der Waals surface area contributed by atoms with Gasteiger partial charge in [0.1, 0.15) is 11.9 Å². The van der Waals surface area contributed by atoms with Crippen molar-refractivity contribution >= 4 is 39.3 Å². The van der Waals surface area contributed by atoms with Crippen LogP contribution in [0, 0.1) is 11.3 Å². The normalized spacial score (nSPS) is 9.86. The number of carbonyl (C=O) groups is 1. The van der Waals surface area contributed by atoms with Gasteiger partial charge >= 0.3 is 0 Å². The fourth-order valence-electron chi connectivity index (χ4n) is 1.70. The molecule has 0 bridgehead atoms. The average Bonchev–Trinajstić information content (AvgIpc) is 2.54. The minimum Gasteiger partial charge on any atom is -0.368 e. The number of pyridine rings is 1. The van der Waals surface area contributed by atoms with Crippen molar-refractivity contribution in [2.45, 2.75) is 0 Å².